The van der Waals surface area contributed by atoms with Crippen LogP contribution in [0.25, 0.3) is 0 Å². The molecular weight excluding hydrogens is 174 g/mol. The highest BCUT2D eigenvalue weighted by atomic mass is 15.1. The maximum Gasteiger partial charge on any atom is 0.0501 e. The Morgan fingerprint density at radius 1 is 1.50 bits per heavy atom. The van der Waals surface area contributed by atoms with E-state index in [4.69, 9.17) is 5.73 Å². The van der Waals surface area contributed by atoms with E-state index in [9.17, 15) is 0 Å². The van der Waals surface area contributed by atoms with Gasteiger partial charge in [-0.3, -0.25) is 4.98 Å². The summed E-state index contributed by atoms with van der Waals surface area (Å²) in [5.41, 5.74) is 7.54. The van der Waals surface area contributed by atoms with E-state index in [1.54, 1.807) is 6.20 Å². The molecule has 1 unspecified atom stereocenters. The molecule has 1 aromatic rings. The molecule has 0 spiro atoms. The molecule has 0 amide bonds. The van der Waals surface area contributed by atoms with Gasteiger partial charge in [0.2, 0.25) is 0 Å². The van der Waals surface area contributed by atoms with Gasteiger partial charge in [0.15, 0.2) is 0 Å². The first-order valence-electron chi connectivity index (χ1n) is 5.15. The summed E-state index contributed by atoms with van der Waals surface area (Å²) in [4.78, 5) is 6.75. The monoisotopic (exact) mass is 191 g/mol. The van der Waals surface area contributed by atoms with Crippen LogP contribution in [-0.2, 0) is 0 Å². The summed E-state index contributed by atoms with van der Waals surface area (Å²) in [5, 5.41) is 0. The molecule has 1 atom stereocenters. The van der Waals surface area contributed by atoms with E-state index < -0.39 is 0 Å². The molecule has 0 saturated carbocycles. The number of aromatic nitrogens is 1. The summed E-state index contributed by atoms with van der Waals surface area (Å²) in [6, 6.07) is 4.00. The number of pyridine rings is 1. The van der Waals surface area contributed by atoms with Crippen LogP contribution in [0.1, 0.15) is 24.5 Å². The minimum Gasteiger partial charge on any atom is -0.397 e. The quantitative estimate of drug-likeness (QED) is 0.731. The van der Waals surface area contributed by atoms with Crippen molar-refractivity contribution in [3.8, 4) is 0 Å². The minimum atomic E-state index is 0.592. The zero-order chi connectivity index (χ0) is 9.97. The number of nitrogens with zero attached hydrogens (tertiary/aromatic N) is 2. The van der Waals surface area contributed by atoms with Gasteiger partial charge in [-0.05, 0) is 38.6 Å². The first-order chi connectivity index (χ1) is 6.75. The molecule has 76 valence electrons. The Balaban J connectivity index is 2.10. The highest BCUT2D eigenvalue weighted by Gasteiger charge is 2.19. The number of nitrogens with two attached hydrogens (primary N) is 1. The van der Waals surface area contributed by atoms with Gasteiger partial charge in [0.05, 0.1) is 11.9 Å². The van der Waals surface area contributed by atoms with Gasteiger partial charge in [-0.15, -0.1) is 0 Å². The predicted octanol–water partition coefficient (Wildman–Crippen LogP) is 1.47. The van der Waals surface area contributed by atoms with Crippen LogP contribution in [0.3, 0.4) is 0 Å². The van der Waals surface area contributed by atoms with E-state index in [2.05, 4.69) is 23.0 Å². The van der Waals surface area contributed by atoms with Crippen LogP contribution in [0.15, 0.2) is 18.3 Å². The Kier molecular flexibility index (Phi) is 2.68. The van der Waals surface area contributed by atoms with Gasteiger partial charge in [-0.1, -0.05) is 0 Å². The van der Waals surface area contributed by atoms with Crippen molar-refractivity contribution in [2.24, 2.45) is 0 Å². The largest absolute Gasteiger partial charge is 0.397 e. The third-order valence-corrected chi connectivity index (χ3v) is 2.85. The lowest BCUT2D eigenvalue weighted by Crippen LogP contribution is -2.31. The van der Waals surface area contributed by atoms with Crippen LogP contribution >= 0.6 is 0 Å². The maximum atomic E-state index is 5.61. The van der Waals surface area contributed by atoms with E-state index in [1.807, 2.05) is 6.07 Å². The lowest BCUT2D eigenvalue weighted by molar-refractivity contribution is 0.248. The van der Waals surface area contributed by atoms with Gasteiger partial charge in [-0.25, -0.2) is 0 Å². The zero-order valence-corrected chi connectivity index (χ0v) is 8.61. The molecule has 14 heavy (non-hydrogen) atoms. The number of rotatable bonds is 1. The Labute approximate surface area is 84.9 Å². The molecule has 3 nitrogen and oxygen atoms in total. The van der Waals surface area contributed by atoms with Crippen LogP contribution in [0, 0.1) is 0 Å². The van der Waals surface area contributed by atoms with E-state index >= 15 is 0 Å². The van der Waals surface area contributed by atoms with E-state index in [0.29, 0.717) is 5.92 Å². The molecule has 2 heterocycles. The summed E-state index contributed by atoms with van der Waals surface area (Å²) in [5.74, 6) is 0.592. The van der Waals surface area contributed by atoms with Gasteiger partial charge >= 0.3 is 0 Å². The number of likely N-dealkylation sites (N-methyl/N-ethyl adjacent to an activating group) is 1. The molecule has 0 radical (unpaired) electrons. The molecule has 3 heteroatoms. The van der Waals surface area contributed by atoms with Crippen molar-refractivity contribution in [3.63, 3.8) is 0 Å². The molecule has 1 aliphatic rings. The van der Waals surface area contributed by atoms with E-state index in [0.717, 1.165) is 12.2 Å². The van der Waals surface area contributed by atoms with Crippen LogP contribution in [0.4, 0.5) is 5.69 Å². The molecule has 1 fully saturated rings. The van der Waals surface area contributed by atoms with Crippen molar-refractivity contribution >= 4 is 5.69 Å². The molecule has 0 aliphatic carbocycles. The average molecular weight is 191 g/mol. The van der Waals surface area contributed by atoms with Crippen molar-refractivity contribution in [2.45, 2.75) is 18.8 Å². The number of anilines is 1. The maximum absolute atomic E-state index is 5.61. The number of hydrogen-bond donors (Lipinski definition) is 1. The Bertz CT molecular complexity index is 294. The summed E-state index contributed by atoms with van der Waals surface area (Å²) >= 11 is 0. The average Bonchev–Trinajstić information content (AvgIpc) is 2.19. The van der Waals surface area contributed by atoms with E-state index in [-0.39, 0.29) is 0 Å². The minimum absolute atomic E-state index is 0.592. The third-order valence-electron chi connectivity index (χ3n) is 2.85. The SMILES string of the molecule is CN1CCCC(c2ccc(N)cn2)C1. The first-order valence-corrected chi connectivity index (χ1v) is 5.15. The van der Waals surface area contributed by atoms with Crippen molar-refractivity contribution in [2.75, 3.05) is 25.9 Å². The zero-order valence-electron chi connectivity index (χ0n) is 8.61. The van der Waals surface area contributed by atoms with Crippen molar-refractivity contribution < 1.29 is 0 Å². The number of piperidine rings is 1. The van der Waals surface area contributed by atoms with Crippen LogP contribution in [-0.4, -0.2) is 30.0 Å². The highest BCUT2D eigenvalue weighted by Crippen LogP contribution is 2.24. The fourth-order valence-electron chi connectivity index (χ4n) is 2.07. The predicted molar refractivity (Wildman–Crippen MR) is 58.1 cm³/mol. The molecule has 0 aromatic carbocycles. The number of likely N-dealkylation sites (tertiary alicyclic amines) is 1. The Hall–Kier alpha value is -1.09. The fourth-order valence-corrected chi connectivity index (χ4v) is 2.07. The Morgan fingerprint density at radius 2 is 2.36 bits per heavy atom. The second kappa shape index (κ2) is 3.96. The standard InChI is InChI=1S/C11H17N3/c1-14-6-2-3-9(8-14)11-5-4-10(12)7-13-11/h4-5,7,9H,2-3,6,8,12H2,1H3. The first kappa shape index (κ1) is 9.46. The van der Waals surface area contributed by atoms with Crippen LogP contribution in [0.5, 0.6) is 0 Å². The summed E-state index contributed by atoms with van der Waals surface area (Å²) < 4.78 is 0. The normalized spacial score (nSPS) is 23.6. The molecule has 1 aromatic heterocycles. The van der Waals surface area contributed by atoms with Crippen molar-refractivity contribution in [3.05, 3.63) is 24.0 Å². The smallest absolute Gasteiger partial charge is 0.0501 e. The van der Waals surface area contributed by atoms with E-state index in [1.165, 1.54) is 25.1 Å². The van der Waals surface area contributed by atoms with Crippen molar-refractivity contribution in [1.82, 2.24) is 9.88 Å². The van der Waals surface area contributed by atoms with Crippen LogP contribution < -0.4 is 5.73 Å². The second-order valence-corrected chi connectivity index (χ2v) is 4.12. The molecule has 1 aliphatic heterocycles. The third kappa shape index (κ3) is 2.04. The lowest BCUT2D eigenvalue weighted by Gasteiger charge is -2.29. The summed E-state index contributed by atoms with van der Waals surface area (Å²) in [7, 11) is 2.17. The molecule has 1 saturated heterocycles. The van der Waals surface area contributed by atoms with Gasteiger partial charge in [0, 0.05) is 18.2 Å². The van der Waals surface area contributed by atoms with Gasteiger partial charge in [0.25, 0.3) is 0 Å². The second-order valence-electron chi connectivity index (χ2n) is 4.12. The van der Waals surface area contributed by atoms with Gasteiger partial charge in [0.1, 0.15) is 0 Å². The topological polar surface area (TPSA) is 42.1 Å². The molecule has 2 N–H and O–H groups in total. The van der Waals surface area contributed by atoms with Gasteiger partial charge in [-0.2, -0.15) is 0 Å². The highest BCUT2D eigenvalue weighted by molar-refractivity contribution is 5.35. The molecule has 2 rings (SSSR count). The van der Waals surface area contributed by atoms with Gasteiger partial charge < -0.3 is 10.6 Å². The summed E-state index contributed by atoms with van der Waals surface area (Å²) in [6.07, 6.45) is 4.28. The number of nitrogen functional groups attached to an aromatic ring is 1. The lowest BCUT2D eigenvalue weighted by atomic mass is 9.95. The summed E-state index contributed by atoms with van der Waals surface area (Å²) in [6.45, 7) is 2.34. The Morgan fingerprint density at radius 3 is 3.00 bits per heavy atom. The fraction of sp³-hybridized carbons (Fsp3) is 0.545. The molecule has 0 bridgehead atoms. The number of hydrogen-bond acceptors (Lipinski definition) is 3. The van der Waals surface area contributed by atoms with Crippen molar-refractivity contribution in [1.29, 1.82) is 0 Å². The molecular formula is C11H17N3. The van der Waals surface area contributed by atoms with Crippen LogP contribution in [0.2, 0.25) is 0 Å².